The van der Waals surface area contributed by atoms with Crippen LogP contribution in [0.5, 0.6) is 0 Å². The minimum absolute atomic E-state index is 0.180. The Bertz CT molecular complexity index is 2710. The van der Waals surface area contributed by atoms with Gasteiger partial charge >= 0.3 is 0 Å². The van der Waals surface area contributed by atoms with Crippen LogP contribution >= 0.6 is 0 Å². The van der Waals surface area contributed by atoms with Gasteiger partial charge in [0.15, 0.2) is 0 Å². The van der Waals surface area contributed by atoms with Crippen molar-refractivity contribution < 1.29 is 0 Å². The Morgan fingerprint density at radius 3 is 1.46 bits per heavy atom. The highest BCUT2D eigenvalue weighted by Crippen LogP contribution is 2.69. The molecule has 7 aromatic carbocycles. The second kappa shape index (κ2) is 11.6. The van der Waals surface area contributed by atoms with Gasteiger partial charge in [-0.15, -0.1) is 0 Å². The van der Waals surface area contributed by atoms with Gasteiger partial charge in [0.05, 0.1) is 0 Å². The summed E-state index contributed by atoms with van der Waals surface area (Å²) < 4.78 is 0. The van der Waals surface area contributed by atoms with Crippen LogP contribution in [-0.4, -0.2) is 4.98 Å². The Hall–Kier alpha value is -5.79. The fourth-order valence-electron chi connectivity index (χ4n) is 12.3. The van der Waals surface area contributed by atoms with E-state index in [4.69, 9.17) is 0 Å². The summed E-state index contributed by atoms with van der Waals surface area (Å²) >= 11 is 0. The number of benzene rings is 7. The topological polar surface area (TPSA) is 12.9 Å². The number of hydrogen-bond donors (Lipinski definition) is 0. The molecule has 258 valence electrons. The summed E-state index contributed by atoms with van der Waals surface area (Å²) in [6.45, 7) is 0. The molecule has 1 heterocycles. The van der Waals surface area contributed by atoms with Crippen molar-refractivity contribution in [1.29, 1.82) is 0 Å². The Morgan fingerprint density at radius 2 is 0.852 bits per heavy atom. The zero-order chi connectivity index (χ0) is 35.4. The van der Waals surface area contributed by atoms with Crippen LogP contribution < -0.4 is 0 Å². The minimum atomic E-state index is 0.180. The van der Waals surface area contributed by atoms with Gasteiger partial charge in [-0.3, -0.25) is 4.98 Å². The standard InChI is InChI=1S/C53H41N/c1-3-16-47-45(14-1)51(35-21-23-54-24-22-35)46-15-2-4-17-48(46)52(47)40-12-8-11-38(31-40)36-9-7-10-37(30-36)39-19-20-44-43-13-5-6-18-49(43)53(50(44)32-39)41-26-33-25-34(28-41)29-42(53)27-33/h1-24,30-34,41-42H,25-29H2. The number of aromatic nitrogens is 1. The van der Waals surface area contributed by atoms with Crippen LogP contribution in [0.4, 0.5) is 0 Å². The predicted octanol–water partition coefficient (Wildman–Crippen LogP) is 13.8. The molecular weight excluding hydrogens is 651 g/mol. The molecule has 1 spiro atoms. The first-order valence-corrected chi connectivity index (χ1v) is 20.0. The van der Waals surface area contributed by atoms with E-state index in [0.29, 0.717) is 0 Å². The molecule has 0 amide bonds. The Balaban J connectivity index is 0.980. The lowest BCUT2D eigenvalue weighted by Crippen LogP contribution is -2.55. The highest BCUT2D eigenvalue weighted by Gasteiger charge is 2.61. The monoisotopic (exact) mass is 691 g/mol. The van der Waals surface area contributed by atoms with E-state index in [0.717, 1.165) is 23.7 Å². The third-order valence-corrected chi connectivity index (χ3v) is 14.1. The third kappa shape index (κ3) is 4.30. The largest absolute Gasteiger partial charge is 0.265 e. The lowest BCUT2D eigenvalue weighted by Gasteiger charge is -2.61. The molecule has 4 bridgehead atoms. The van der Waals surface area contributed by atoms with Gasteiger partial charge in [-0.05, 0) is 174 Å². The minimum Gasteiger partial charge on any atom is -0.265 e. The zero-order valence-corrected chi connectivity index (χ0v) is 30.4. The summed E-state index contributed by atoms with van der Waals surface area (Å²) in [6, 6.07) is 57.5. The first-order valence-electron chi connectivity index (χ1n) is 20.0. The average molecular weight is 692 g/mol. The van der Waals surface area contributed by atoms with Gasteiger partial charge in [0.1, 0.15) is 0 Å². The van der Waals surface area contributed by atoms with E-state index in [2.05, 4.69) is 157 Å². The van der Waals surface area contributed by atoms with Gasteiger partial charge in [0, 0.05) is 17.8 Å². The van der Waals surface area contributed by atoms with Gasteiger partial charge in [-0.2, -0.15) is 0 Å². The summed E-state index contributed by atoms with van der Waals surface area (Å²) in [6.07, 6.45) is 10.9. The smallest absolute Gasteiger partial charge is 0.0273 e. The Kier molecular flexibility index (Phi) is 6.59. The first kappa shape index (κ1) is 30.6. The molecule has 5 aliphatic rings. The van der Waals surface area contributed by atoms with Crippen molar-refractivity contribution >= 4 is 21.5 Å². The molecule has 4 fully saturated rings. The zero-order valence-electron chi connectivity index (χ0n) is 30.4. The Labute approximate surface area is 317 Å². The molecule has 8 aromatic rings. The van der Waals surface area contributed by atoms with Gasteiger partial charge in [0.25, 0.3) is 0 Å². The maximum Gasteiger partial charge on any atom is 0.0273 e. The molecule has 0 atom stereocenters. The van der Waals surface area contributed by atoms with Crippen LogP contribution in [0.3, 0.4) is 0 Å². The number of fused-ring (bicyclic) bond motifs is 5. The molecule has 0 N–H and O–H groups in total. The van der Waals surface area contributed by atoms with Crippen molar-refractivity contribution in [3.05, 3.63) is 175 Å². The molecular formula is C53H41N. The van der Waals surface area contributed by atoms with Crippen molar-refractivity contribution in [3.63, 3.8) is 0 Å². The molecule has 1 aromatic heterocycles. The number of rotatable bonds is 4. The van der Waals surface area contributed by atoms with Crippen molar-refractivity contribution in [2.75, 3.05) is 0 Å². The molecule has 1 heteroatoms. The molecule has 1 nitrogen and oxygen atoms in total. The fourth-order valence-corrected chi connectivity index (χ4v) is 12.3. The van der Waals surface area contributed by atoms with Crippen LogP contribution in [0.15, 0.2) is 164 Å². The van der Waals surface area contributed by atoms with Gasteiger partial charge < -0.3 is 0 Å². The van der Waals surface area contributed by atoms with E-state index >= 15 is 0 Å². The quantitative estimate of drug-likeness (QED) is 0.167. The first-order chi connectivity index (χ1) is 26.7. The molecule has 0 radical (unpaired) electrons. The SMILES string of the molecule is c1cc(-c2cccc(-c3c4ccccc4c(-c4ccncc4)c4ccccc34)c2)cc(-c2ccc3c(c2)C2(c4ccccc4-3)C3CC4CC(C3)CC2C4)c1. The third-order valence-electron chi connectivity index (χ3n) is 14.1. The van der Waals surface area contributed by atoms with Crippen molar-refractivity contribution in [2.45, 2.75) is 37.5 Å². The molecule has 0 aliphatic heterocycles. The second-order valence-electron chi connectivity index (χ2n) is 16.7. The highest BCUT2D eigenvalue weighted by molar-refractivity contribution is 6.21. The van der Waals surface area contributed by atoms with E-state index in [1.54, 1.807) is 11.1 Å². The van der Waals surface area contributed by atoms with Gasteiger partial charge in [-0.1, -0.05) is 121 Å². The highest BCUT2D eigenvalue weighted by atomic mass is 14.6. The van der Waals surface area contributed by atoms with Gasteiger partial charge in [-0.25, -0.2) is 0 Å². The summed E-state index contributed by atoms with van der Waals surface area (Å²) in [4.78, 5) is 4.32. The molecule has 5 aliphatic carbocycles. The molecule has 13 rings (SSSR count). The molecule has 0 saturated heterocycles. The van der Waals surface area contributed by atoms with E-state index < -0.39 is 0 Å². The fraction of sp³-hybridized carbons (Fsp3) is 0.189. The lowest BCUT2D eigenvalue weighted by atomic mass is 9.43. The van der Waals surface area contributed by atoms with E-state index in [-0.39, 0.29) is 5.41 Å². The number of pyridine rings is 1. The van der Waals surface area contributed by atoms with Gasteiger partial charge in [0.2, 0.25) is 0 Å². The number of hydrogen-bond acceptors (Lipinski definition) is 1. The maximum atomic E-state index is 4.32. The van der Waals surface area contributed by atoms with Crippen molar-refractivity contribution in [3.8, 4) is 55.6 Å². The average Bonchev–Trinajstić information content (AvgIpc) is 3.52. The molecule has 4 saturated carbocycles. The van der Waals surface area contributed by atoms with Crippen LogP contribution in [0, 0.1) is 23.7 Å². The van der Waals surface area contributed by atoms with E-state index in [9.17, 15) is 0 Å². The van der Waals surface area contributed by atoms with Crippen LogP contribution in [-0.2, 0) is 5.41 Å². The van der Waals surface area contributed by atoms with E-state index in [1.165, 1.54) is 109 Å². The maximum absolute atomic E-state index is 4.32. The van der Waals surface area contributed by atoms with E-state index in [1.807, 2.05) is 12.4 Å². The van der Waals surface area contributed by atoms with Crippen LogP contribution in [0.25, 0.3) is 77.2 Å². The summed E-state index contributed by atoms with van der Waals surface area (Å²) in [5.41, 5.74) is 16.5. The lowest BCUT2D eigenvalue weighted by molar-refractivity contribution is -0.0399. The second-order valence-corrected chi connectivity index (χ2v) is 16.7. The van der Waals surface area contributed by atoms with Crippen LogP contribution in [0.1, 0.15) is 43.2 Å². The van der Waals surface area contributed by atoms with Crippen molar-refractivity contribution in [2.24, 2.45) is 23.7 Å². The van der Waals surface area contributed by atoms with Crippen LogP contribution in [0.2, 0.25) is 0 Å². The van der Waals surface area contributed by atoms with Crippen molar-refractivity contribution in [1.82, 2.24) is 4.98 Å². The number of nitrogens with zero attached hydrogens (tertiary/aromatic N) is 1. The molecule has 0 unspecified atom stereocenters. The summed E-state index contributed by atoms with van der Waals surface area (Å²) in [5, 5.41) is 5.07. The summed E-state index contributed by atoms with van der Waals surface area (Å²) in [7, 11) is 0. The normalized spacial score (nSPS) is 23.3. The summed E-state index contributed by atoms with van der Waals surface area (Å²) in [5.74, 6) is 3.43. The predicted molar refractivity (Wildman–Crippen MR) is 224 cm³/mol. The molecule has 54 heavy (non-hydrogen) atoms. The Morgan fingerprint density at radius 1 is 0.370 bits per heavy atom.